The molecule has 1 amide bonds. The third-order valence-corrected chi connectivity index (χ3v) is 4.38. The number of hydrogen-bond acceptors (Lipinski definition) is 4. The summed E-state index contributed by atoms with van der Waals surface area (Å²) in [4.78, 5) is 17.0. The first-order valence-electron chi connectivity index (χ1n) is 7.85. The molecule has 1 aromatic rings. The van der Waals surface area contributed by atoms with Crippen molar-refractivity contribution in [2.75, 3.05) is 27.2 Å². The maximum absolute atomic E-state index is 12.8. The van der Waals surface area contributed by atoms with Gasteiger partial charge in [0, 0.05) is 24.7 Å². The quantitative estimate of drug-likeness (QED) is 0.806. The van der Waals surface area contributed by atoms with E-state index in [2.05, 4.69) is 15.0 Å². The molecular weight excluding hydrogens is 266 g/mol. The number of likely N-dealkylation sites (N-methyl/N-ethyl adjacent to an activating group) is 1. The monoisotopic (exact) mass is 293 g/mol. The van der Waals surface area contributed by atoms with Crippen LogP contribution < -0.4 is 0 Å². The Bertz CT molecular complexity index is 456. The highest BCUT2D eigenvalue weighted by Gasteiger charge is 2.27. The van der Waals surface area contributed by atoms with Crippen molar-refractivity contribution in [2.24, 2.45) is 0 Å². The van der Waals surface area contributed by atoms with E-state index in [0.717, 1.165) is 42.9 Å². The Balaban J connectivity index is 2.06. The van der Waals surface area contributed by atoms with Crippen LogP contribution in [0.15, 0.2) is 4.52 Å². The summed E-state index contributed by atoms with van der Waals surface area (Å²) in [6.45, 7) is 5.49. The highest BCUT2D eigenvalue weighted by molar-refractivity contribution is 5.79. The SMILES string of the molecule is Cc1noc(C)c1CC(=O)N(CCN(C)C)C1CCCC1. The number of aryl methyl sites for hydroxylation is 2. The summed E-state index contributed by atoms with van der Waals surface area (Å²) < 4.78 is 5.17. The van der Waals surface area contributed by atoms with Crippen LogP contribution >= 0.6 is 0 Å². The van der Waals surface area contributed by atoms with Crippen molar-refractivity contribution in [3.8, 4) is 0 Å². The first-order valence-corrected chi connectivity index (χ1v) is 7.85. The van der Waals surface area contributed by atoms with Crippen LogP contribution in [-0.4, -0.2) is 54.1 Å². The lowest BCUT2D eigenvalue weighted by atomic mass is 10.1. The number of carbonyl (C=O) groups excluding carboxylic acids is 1. The summed E-state index contributed by atoms with van der Waals surface area (Å²) in [7, 11) is 4.09. The minimum absolute atomic E-state index is 0.207. The van der Waals surface area contributed by atoms with Gasteiger partial charge in [0.25, 0.3) is 0 Å². The predicted molar refractivity (Wildman–Crippen MR) is 82.2 cm³/mol. The van der Waals surface area contributed by atoms with Gasteiger partial charge in [-0.05, 0) is 40.8 Å². The number of aromatic nitrogens is 1. The molecule has 1 fully saturated rings. The van der Waals surface area contributed by atoms with Gasteiger partial charge in [-0.25, -0.2) is 0 Å². The lowest BCUT2D eigenvalue weighted by Gasteiger charge is -2.30. The van der Waals surface area contributed by atoms with Gasteiger partial charge < -0.3 is 14.3 Å². The Kier molecular flexibility index (Phi) is 5.39. The van der Waals surface area contributed by atoms with E-state index in [1.807, 2.05) is 27.9 Å². The lowest BCUT2D eigenvalue weighted by molar-refractivity contribution is -0.132. The number of carbonyl (C=O) groups is 1. The highest BCUT2D eigenvalue weighted by atomic mass is 16.5. The molecule has 1 aromatic heterocycles. The van der Waals surface area contributed by atoms with Crippen molar-refractivity contribution in [3.05, 3.63) is 17.0 Å². The molecule has 118 valence electrons. The molecule has 1 aliphatic carbocycles. The summed E-state index contributed by atoms with van der Waals surface area (Å²) in [6, 6.07) is 0.415. The maximum atomic E-state index is 12.8. The van der Waals surface area contributed by atoms with Crippen LogP contribution in [0.25, 0.3) is 0 Å². The zero-order valence-electron chi connectivity index (χ0n) is 13.7. The standard InChI is InChI=1S/C16H27N3O2/c1-12-15(13(2)21-17-12)11-16(20)19(10-9-18(3)4)14-7-5-6-8-14/h14H,5-11H2,1-4H3. The molecule has 1 saturated carbocycles. The van der Waals surface area contributed by atoms with Crippen LogP contribution in [0.3, 0.4) is 0 Å². The molecule has 2 rings (SSSR count). The third kappa shape index (κ3) is 4.06. The Morgan fingerprint density at radius 2 is 1.90 bits per heavy atom. The van der Waals surface area contributed by atoms with E-state index in [1.54, 1.807) is 0 Å². The van der Waals surface area contributed by atoms with Gasteiger partial charge in [-0.2, -0.15) is 0 Å². The van der Waals surface area contributed by atoms with E-state index in [-0.39, 0.29) is 5.91 Å². The molecule has 1 heterocycles. The van der Waals surface area contributed by atoms with Crippen molar-refractivity contribution in [3.63, 3.8) is 0 Å². The van der Waals surface area contributed by atoms with Gasteiger partial charge >= 0.3 is 0 Å². The minimum atomic E-state index is 0.207. The number of rotatable bonds is 6. The summed E-state index contributed by atoms with van der Waals surface area (Å²) in [5.41, 5.74) is 1.78. The van der Waals surface area contributed by atoms with Crippen LogP contribution in [0.4, 0.5) is 0 Å². The van der Waals surface area contributed by atoms with Gasteiger partial charge in [0.15, 0.2) is 0 Å². The summed E-state index contributed by atoms with van der Waals surface area (Å²) in [5, 5.41) is 3.95. The van der Waals surface area contributed by atoms with E-state index in [9.17, 15) is 4.79 Å². The molecule has 0 spiro atoms. The van der Waals surface area contributed by atoms with Crippen molar-refractivity contribution in [1.29, 1.82) is 0 Å². The van der Waals surface area contributed by atoms with Crippen molar-refractivity contribution in [1.82, 2.24) is 15.0 Å². The van der Waals surface area contributed by atoms with Crippen LogP contribution in [0, 0.1) is 13.8 Å². The molecule has 0 N–H and O–H groups in total. The third-order valence-electron chi connectivity index (χ3n) is 4.38. The smallest absolute Gasteiger partial charge is 0.227 e. The maximum Gasteiger partial charge on any atom is 0.227 e. The average Bonchev–Trinajstić information content (AvgIpc) is 3.04. The molecule has 0 aliphatic heterocycles. The molecule has 0 aromatic carbocycles. The molecule has 1 aliphatic rings. The van der Waals surface area contributed by atoms with Gasteiger partial charge in [0.05, 0.1) is 12.1 Å². The van der Waals surface area contributed by atoms with E-state index in [0.29, 0.717) is 12.5 Å². The Morgan fingerprint density at radius 3 is 2.43 bits per heavy atom. The molecule has 5 nitrogen and oxygen atoms in total. The van der Waals surface area contributed by atoms with Gasteiger partial charge in [0.1, 0.15) is 5.76 Å². The normalized spacial score (nSPS) is 15.9. The van der Waals surface area contributed by atoms with Crippen LogP contribution in [0.5, 0.6) is 0 Å². The Hall–Kier alpha value is -1.36. The summed E-state index contributed by atoms with van der Waals surface area (Å²) in [6.07, 6.45) is 5.16. The van der Waals surface area contributed by atoms with Gasteiger partial charge in [-0.1, -0.05) is 18.0 Å². The Labute approximate surface area is 127 Å². The fourth-order valence-corrected chi connectivity index (χ4v) is 3.04. The molecular formula is C16H27N3O2. The molecule has 0 atom stereocenters. The number of hydrogen-bond donors (Lipinski definition) is 0. The van der Waals surface area contributed by atoms with Gasteiger partial charge in [-0.3, -0.25) is 4.79 Å². The predicted octanol–water partition coefficient (Wildman–Crippen LogP) is 2.17. The zero-order valence-corrected chi connectivity index (χ0v) is 13.7. The molecule has 0 unspecified atom stereocenters. The first-order chi connectivity index (χ1) is 9.99. The number of nitrogens with zero attached hydrogens (tertiary/aromatic N) is 3. The number of amides is 1. The molecule has 21 heavy (non-hydrogen) atoms. The van der Waals surface area contributed by atoms with E-state index >= 15 is 0 Å². The molecule has 5 heteroatoms. The Morgan fingerprint density at radius 1 is 1.24 bits per heavy atom. The van der Waals surface area contributed by atoms with Crippen LogP contribution in [-0.2, 0) is 11.2 Å². The van der Waals surface area contributed by atoms with Crippen molar-refractivity contribution in [2.45, 2.75) is 52.0 Å². The largest absolute Gasteiger partial charge is 0.361 e. The molecule has 0 saturated heterocycles. The van der Waals surface area contributed by atoms with Gasteiger partial charge in [0.2, 0.25) is 5.91 Å². The fourth-order valence-electron chi connectivity index (χ4n) is 3.04. The van der Waals surface area contributed by atoms with E-state index in [1.165, 1.54) is 12.8 Å². The van der Waals surface area contributed by atoms with Crippen molar-refractivity contribution < 1.29 is 9.32 Å². The topological polar surface area (TPSA) is 49.6 Å². The lowest BCUT2D eigenvalue weighted by Crippen LogP contribution is -2.43. The van der Waals surface area contributed by atoms with E-state index in [4.69, 9.17) is 4.52 Å². The summed E-state index contributed by atoms with van der Waals surface area (Å²) in [5.74, 6) is 0.970. The minimum Gasteiger partial charge on any atom is -0.361 e. The van der Waals surface area contributed by atoms with E-state index < -0.39 is 0 Å². The van der Waals surface area contributed by atoms with Crippen LogP contribution in [0.2, 0.25) is 0 Å². The van der Waals surface area contributed by atoms with Gasteiger partial charge in [-0.15, -0.1) is 0 Å². The second-order valence-corrected chi connectivity index (χ2v) is 6.31. The highest BCUT2D eigenvalue weighted by Crippen LogP contribution is 2.24. The van der Waals surface area contributed by atoms with Crippen molar-refractivity contribution >= 4 is 5.91 Å². The van der Waals surface area contributed by atoms with Crippen LogP contribution in [0.1, 0.15) is 42.7 Å². The first kappa shape index (κ1) is 16.0. The fraction of sp³-hybridized carbons (Fsp3) is 0.750. The molecule has 0 radical (unpaired) electrons. The average molecular weight is 293 g/mol. The zero-order chi connectivity index (χ0) is 15.4. The second kappa shape index (κ2) is 7.07. The second-order valence-electron chi connectivity index (χ2n) is 6.31. The molecule has 0 bridgehead atoms. The summed E-state index contributed by atoms with van der Waals surface area (Å²) >= 11 is 0.